The summed E-state index contributed by atoms with van der Waals surface area (Å²) in [5, 5.41) is 9.91. The zero-order valence-corrected chi connectivity index (χ0v) is 29.4. The van der Waals surface area contributed by atoms with Crippen LogP contribution in [-0.4, -0.2) is 58.7 Å². The Morgan fingerprint density at radius 3 is 2.78 bits per heavy atom. The van der Waals surface area contributed by atoms with Crippen LogP contribution < -0.4 is 14.4 Å². The van der Waals surface area contributed by atoms with Crippen molar-refractivity contribution >= 4 is 39.1 Å². The average Bonchev–Trinajstić information content (AvgIpc) is 3.22. The van der Waals surface area contributed by atoms with Crippen LogP contribution in [0.5, 0.6) is 5.75 Å². The molecule has 0 radical (unpaired) electrons. The molecular formula is C37H41ClN6O4S. The molecule has 2 aliphatic heterocycles. The second kappa shape index (κ2) is 13.7. The molecule has 4 aliphatic rings. The summed E-state index contributed by atoms with van der Waals surface area (Å²) in [5.41, 5.74) is 3.74. The summed E-state index contributed by atoms with van der Waals surface area (Å²) < 4.78 is 34.3. The molecule has 1 fully saturated rings. The third kappa shape index (κ3) is 6.91. The minimum absolute atomic E-state index is 0.0361. The van der Waals surface area contributed by atoms with Gasteiger partial charge in [0, 0.05) is 36.2 Å². The summed E-state index contributed by atoms with van der Waals surface area (Å²) in [5.74, 6) is 0.903. The molecule has 7 rings (SSSR count). The molecule has 1 amide bonds. The molecule has 1 unspecified atom stereocenters. The number of benzene rings is 2. The highest BCUT2D eigenvalue weighted by molar-refractivity contribution is 7.95. The van der Waals surface area contributed by atoms with Crippen molar-refractivity contribution in [2.75, 3.05) is 42.2 Å². The summed E-state index contributed by atoms with van der Waals surface area (Å²) >= 11 is 6.45. The van der Waals surface area contributed by atoms with E-state index in [1.807, 2.05) is 31.2 Å². The highest BCUT2D eigenvalue weighted by atomic mass is 35.5. The van der Waals surface area contributed by atoms with Crippen molar-refractivity contribution in [3.63, 3.8) is 0 Å². The zero-order chi connectivity index (χ0) is 34.2. The van der Waals surface area contributed by atoms with Gasteiger partial charge in [0.25, 0.3) is 5.91 Å². The molecule has 2 aliphatic carbocycles. The monoisotopic (exact) mass is 700 g/mol. The van der Waals surface area contributed by atoms with Gasteiger partial charge in [-0.2, -0.15) is 5.26 Å². The topological polar surface area (TPSA) is 130 Å². The minimum Gasteiger partial charge on any atom is -0.490 e. The van der Waals surface area contributed by atoms with Crippen LogP contribution in [0.25, 0.3) is 0 Å². The van der Waals surface area contributed by atoms with E-state index in [9.17, 15) is 9.00 Å². The first kappa shape index (κ1) is 33.5. The number of anilines is 2. The minimum atomic E-state index is -3.37. The Balaban J connectivity index is 1.31. The highest BCUT2D eigenvalue weighted by Gasteiger charge is 2.44. The van der Waals surface area contributed by atoms with Gasteiger partial charge in [0.2, 0.25) is 5.95 Å². The lowest BCUT2D eigenvalue weighted by Gasteiger charge is -2.46. The predicted molar refractivity (Wildman–Crippen MR) is 190 cm³/mol. The molecule has 1 spiro atoms. The quantitative estimate of drug-likeness (QED) is 0.297. The van der Waals surface area contributed by atoms with E-state index in [4.69, 9.17) is 26.3 Å². The van der Waals surface area contributed by atoms with Crippen LogP contribution in [0.3, 0.4) is 0 Å². The summed E-state index contributed by atoms with van der Waals surface area (Å²) in [6.45, 7) is 4.01. The van der Waals surface area contributed by atoms with Gasteiger partial charge in [-0.3, -0.25) is 9.52 Å². The lowest BCUT2D eigenvalue weighted by Crippen LogP contribution is -2.49. The van der Waals surface area contributed by atoms with Gasteiger partial charge in [0.15, 0.2) is 0 Å². The molecule has 0 saturated heterocycles. The molecule has 1 N–H and O–H groups in total. The number of nitrogens with zero attached hydrogens (tertiary/aromatic N) is 5. The number of carbonyl (C=O) groups excluding carboxylic acids is 1. The van der Waals surface area contributed by atoms with Gasteiger partial charge in [-0.15, -0.1) is 4.36 Å². The van der Waals surface area contributed by atoms with Crippen LogP contribution in [0, 0.1) is 29.1 Å². The molecule has 1 aromatic heterocycles. The van der Waals surface area contributed by atoms with Gasteiger partial charge in [-0.05, 0) is 97.7 Å². The van der Waals surface area contributed by atoms with Crippen LogP contribution in [-0.2, 0) is 26.5 Å². The maximum Gasteiger partial charge on any atom is 0.286 e. The van der Waals surface area contributed by atoms with Crippen molar-refractivity contribution in [1.29, 1.82) is 5.26 Å². The van der Waals surface area contributed by atoms with Crippen LogP contribution in [0.15, 0.2) is 65.3 Å². The Kier molecular flexibility index (Phi) is 9.39. The average molecular weight is 701 g/mol. The van der Waals surface area contributed by atoms with E-state index in [2.05, 4.69) is 48.2 Å². The smallest absolute Gasteiger partial charge is 0.286 e. The second-order valence-electron chi connectivity index (χ2n) is 14.0. The summed E-state index contributed by atoms with van der Waals surface area (Å²) in [7, 11) is -1.60. The van der Waals surface area contributed by atoms with Gasteiger partial charge < -0.3 is 14.4 Å². The lowest BCUT2D eigenvalue weighted by atomic mass is 9.68. The summed E-state index contributed by atoms with van der Waals surface area (Å²) in [4.78, 5) is 24.6. The lowest BCUT2D eigenvalue weighted by molar-refractivity contribution is 0.0131. The Hall–Kier alpha value is -3.98. The highest BCUT2D eigenvalue weighted by Crippen LogP contribution is 2.47. The number of hydrogen-bond donors (Lipinski definition) is 1. The number of hydrogen-bond acceptors (Lipinski definition) is 8. The van der Waals surface area contributed by atoms with Gasteiger partial charge in [-0.25, -0.2) is 14.2 Å². The van der Waals surface area contributed by atoms with E-state index < -0.39 is 15.8 Å². The number of carbonyl (C=O) groups is 1. The molecule has 1 saturated carbocycles. The van der Waals surface area contributed by atoms with E-state index in [0.29, 0.717) is 36.2 Å². The third-order valence-corrected chi connectivity index (χ3v) is 12.8. The Morgan fingerprint density at radius 1 is 1.18 bits per heavy atom. The first-order chi connectivity index (χ1) is 23.7. The number of nitriles is 1. The largest absolute Gasteiger partial charge is 0.490 e. The van der Waals surface area contributed by atoms with Gasteiger partial charge in [-0.1, -0.05) is 36.7 Å². The molecular weight excluding hydrogens is 660 g/mol. The molecule has 2 aromatic carbocycles. The number of aryl methyl sites for hydroxylation is 1. The van der Waals surface area contributed by atoms with Gasteiger partial charge in [0.05, 0.1) is 42.1 Å². The standard InChI is InChI=1S/C37H41ClN6O4S/c1-24-5-3-7-33(47-2)30-11-8-28(30)20-44-22-37(14-4-6-26-15-29(38)10-12-31(26)37)23-48-34-13-9-27(16-32(34)44)35(45)42-49(46,21-24)43-36-40-18-25(17-39)19-41-36/h3,7,9-10,12-13,15-16,18-19,24,28,30,33H,4-6,8,11,14,20-23H2,1-2H3,(H,40,41,42,43,45,46)/b7-3-/t24-,28-,30+,33-,37-,49?/m0/s1. The zero-order valence-electron chi connectivity index (χ0n) is 27.8. The Morgan fingerprint density at radius 2 is 2.02 bits per heavy atom. The summed E-state index contributed by atoms with van der Waals surface area (Å²) in [6, 6.07) is 13.6. The normalized spacial score (nSPS) is 30.3. The molecule has 2 bridgehead atoms. The number of halogens is 1. The van der Waals surface area contributed by atoms with Crippen molar-refractivity contribution in [3.8, 4) is 11.8 Å². The number of aromatic nitrogens is 2. The van der Waals surface area contributed by atoms with Crippen molar-refractivity contribution in [1.82, 2.24) is 9.97 Å². The first-order valence-electron chi connectivity index (χ1n) is 17.0. The van der Waals surface area contributed by atoms with Crippen molar-refractivity contribution < 1.29 is 18.5 Å². The maximum atomic E-state index is 14.4. The Labute approximate surface area is 293 Å². The maximum absolute atomic E-state index is 14.4. The van der Waals surface area contributed by atoms with Crippen molar-refractivity contribution in [2.24, 2.45) is 22.1 Å². The fourth-order valence-electron chi connectivity index (χ4n) is 7.95. The molecule has 256 valence electrons. The van der Waals surface area contributed by atoms with E-state index >= 15 is 0 Å². The fourth-order valence-corrected chi connectivity index (χ4v) is 10.0. The van der Waals surface area contributed by atoms with E-state index in [-0.39, 0.29) is 34.7 Å². The number of rotatable bonds is 3. The molecule has 3 heterocycles. The Bertz CT molecular complexity index is 1940. The molecule has 12 heteroatoms. The number of nitrogens with one attached hydrogen (secondary N) is 1. The third-order valence-electron chi connectivity index (χ3n) is 10.5. The first-order valence-corrected chi connectivity index (χ1v) is 19.0. The van der Waals surface area contributed by atoms with Crippen molar-refractivity contribution in [3.05, 3.63) is 88.2 Å². The van der Waals surface area contributed by atoms with E-state index in [1.165, 1.54) is 23.5 Å². The van der Waals surface area contributed by atoms with Crippen LogP contribution >= 0.6 is 11.6 Å². The van der Waals surface area contributed by atoms with E-state index in [0.717, 1.165) is 55.9 Å². The second-order valence-corrected chi connectivity index (χ2v) is 16.4. The predicted octanol–water partition coefficient (Wildman–Crippen LogP) is 6.75. The summed E-state index contributed by atoms with van der Waals surface area (Å²) in [6.07, 6.45) is 12.7. The van der Waals surface area contributed by atoms with Gasteiger partial charge >= 0.3 is 0 Å². The SMILES string of the molecule is CO[C@H]1/C=C\C[C@H](C)CS(=O)(Nc2ncc(C#N)cn2)=NC(=O)c2ccc3c(c2)N(C[C@@H]2CC[C@H]21)C[C@@]1(CCCc2cc(Cl)ccc21)CO3. The number of methoxy groups -OCH3 is 1. The van der Waals surface area contributed by atoms with Gasteiger partial charge in [0.1, 0.15) is 21.7 Å². The van der Waals surface area contributed by atoms with Crippen LogP contribution in [0.4, 0.5) is 11.6 Å². The molecule has 3 aromatic rings. The number of allylic oxidation sites excluding steroid dienone is 1. The molecule has 49 heavy (non-hydrogen) atoms. The van der Waals surface area contributed by atoms with E-state index in [1.54, 1.807) is 13.2 Å². The number of fused-ring (bicyclic) bond motifs is 4. The number of ether oxygens (including phenoxy) is 2. The fraction of sp³-hybridized carbons (Fsp3) is 0.459. The number of amides is 1. The molecule has 10 nitrogen and oxygen atoms in total. The van der Waals surface area contributed by atoms with Crippen molar-refractivity contribution in [2.45, 2.75) is 57.0 Å². The molecule has 6 atom stereocenters. The van der Waals surface area contributed by atoms with Crippen LogP contribution in [0.2, 0.25) is 5.02 Å². The van der Waals surface area contributed by atoms with Crippen LogP contribution in [0.1, 0.15) is 66.1 Å².